The van der Waals surface area contributed by atoms with Gasteiger partial charge in [0.05, 0.1) is 16.4 Å². The van der Waals surface area contributed by atoms with Crippen LogP contribution in [0.4, 0.5) is 17.3 Å². The molecule has 0 radical (unpaired) electrons. The van der Waals surface area contributed by atoms with E-state index in [-0.39, 0.29) is 5.91 Å². The van der Waals surface area contributed by atoms with E-state index < -0.39 is 0 Å². The molecule has 3 rings (SSSR count). The van der Waals surface area contributed by atoms with Crippen molar-refractivity contribution < 1.29 is 4.79 Å². The third-order valence-corrected chi connectivity index (χ3v) is 4.15. The summed E-state index contributed by atoms with van der Waals surface area (Å²) in [6, 6.07) is 5.60. The first-order valence-electron chi connectivity index (χ1n) is 7.41. The molecule has 0 aliphatic heterocycles. The fourth-order valence-corrected chi connectivity index (χ4v) is 2.84. The van der Waals surface area contributed by atoms with E-state index in [4.69, 9.17) is 0 Å². The maximum absolute atomic E-state index is 12.6. The number of hydrogen-bond donors (Lipinski definition) is 2. The lowest BCUT2D eigenvalue weighted by Crippen LogP contribution is -2.17. The first-order chi connectivity index (χ1) is 11.4. The SMILES string of the molecule is Cc1ccc(Nc2cc(C)nn2C)c(C(=O)Nc2csc(C)n2)n1. The summed E-state index contributed by atoms with van der Waals surface area (Å²) in [5.74, 6) is 1.02. The predicted octanol–water partition coefficient (Wildman–Crippen LogP) is 3.19. The minimum atomic E-state index is -0.301. The van der Waals surface area contributed by atoms with Gasteiger partial charge in [-0.15, -0.1) is 11.3 Å². The third-order valence-electron chi connectivity index (χ3n) is 3.37. The van der Waals surface area contributed by atoms with Gasteiger partial charge in [-0.2, -0.15) is 5.10 Å². The molecule has 0 saturated heterocycles. The van der Waals surface area contributed by atoms with Crippen LogP contribution in [0.2, 0.25) is 0 Å². The summed E-state index contributed by atoms with van der Waals surface area (Å²) in [4.78, 5) is 21.2. The molecule has 0 aliphatic rings. The molecule has 0 aliphatic carbocycles. The Labute approximate surface area is 143 Å². The number of carbonyl (C=O) groups excluding carboxylic acids is 1. The van der Waals surface area contributed by atoms with Gasteiger partial charge in [0.15, 0.2) is 5.69 Å². The maximum atomic E-state index is 12.6. The molecule has 0 spiro atoms. The number of aromatic nitrogens is 4. The zero-order valence-corrected chi connectivity index (χ0v) is 14.7. The standard InChI is InChI=1S/C16H18N6OS/c1-9-5-6-12(19-14-7-10(2)21-22(14)4)15(17-9)16(23)20-13-8-24-11(3)18-13/h5-8,19H,1-4H3,(H,20,23). The van der Waals surface area contributed by atoms with Gasteiger partial charge in [0.2, 0.25) is 0 Å². The summed E-state index contributed by atoms with van der Waals surface area (Å²) in [5.41, 5.74) is 2.60. The van der Waals surface area contributed by atoms with Crippen LogP contribution in [0.15, 0.2) is 23.6 Å². The molecule has 0 atom stereocenters. The van der Waals surface area contributed by atoms with Crippen LogP contribution in [0.1, 0.15) is 26.9 Å². The quantitative estimate of drug-likeness (QED) is 0.760. The van der Waals surface area contributed by atoms with E-state index in [0.29, 0.717) is 17.2 Å². The van der Waals surface area contributed by atoms with Crippen LogP contribution in [0.5, 0.6) is 0 Å². The van der Waals surface area contributed by atoms with Crippen molar-refractivity contribution in [3.05, 3.63) is 45.7 Å². The lowest BCUT2D eigenvalue weighted by molar-refractivity contribution is 0.102. The van der Waals surface area contributed by atoms with Crippen LogP contribution in [-0.4, -0.2) is 25.7 Å². The van der Waals surface area contributed by atoms with Crippen LogP contribution in [-0.2, 0) is 7.05 Å². The lowest BCUT2D eigenvalue weighted by atomic mass is 10.2. The van der Waals surface area contributed by atoms with E-state index in [9.17, 15) is 4.79 Å². The van der Waals surface area contributed by atoms with Crippen molar-refractivity contribution in [1.82, 2.24) is 19.7 Å². The van der Waals surface area contributed by atoms with Crippen LogP contribution in [0.25, 0.3) is 0 Å². The number of hydrogen-bond acceptors (Lipinski definition) is 6. The van der Waals surface area contributed by atoms with Crippen LogP contribution in [0, 0.1) is 20.8 Å². The Kier molecular flexibility index (Phi) is 4.30. The molecule has 3 heterocycles. The largest absolute Gasteiger partial charge is 0.339 e. The van der Waals surface area contributed by atoms with E-state index in [0.717, 1.165) is 22.2 Å². The number of nitrogens with one attached hydrogen (secondary N) is 2. The molecular weight excluding hydrogens is 324 g/mol. The molecule has 2 N–H and O–H groups in total. The summed E-state index contributed by atoms with van der Waals surface area (Å²) in [6.07, 6.45) is 0. The number of thiazole rings is 1. The summed E-state index contributed by atoms with van der Waals surface area (Å²) in [6.45, 7) is 5.65. The van der Waals surface area contributed by atoms with Gasteiger partial charge in [0.25, 0.3) is 5.91 Å². The minimum absolute atomic E-state index is 0.301. The van der Waals surface area contributed by atoms with Crippen molar-refractivity contribution in [2.75, 3.05) is 10.6 Å². The van der Waals surface area contributed by atoms with Crippen LogP contribution < -0.4 is 10.6 Å². The highest BCUT2D eigenvalue weighted by Gasteiger charge is 2.16. The second kappa shape index (κ2) is 6.40. The normalized spacial score (nSPS) is 10.7. The number of pyridine rings is 1. The van der Waals surface area contributed by atoms with Gasteiger partial charge >= 0.3 is 0 Å². The number of carbonyl (C=O) groups is 1. The van der Waals surface area contributed by atoms with Gasteiger partial charge in [-0.25, -0.2) is 9.97 Å². The Balaban J connectivity index is 1.90. The van der Waals surface area contributed by atoms with Crippen LogP contribution >= 0.6 is 11.3 Å². The van der Waals surface area contributed by atoms with Gasteiger partial charge in [-0.1, -0.05) is 0 Å². The van der Waals surface area contributed by atoms with Crippen molar-refractivity contribution >= 4 is 34.6 Å². The fraction of sp³-hybridized carbons (Fsp3) is 0.250. The van der Waals surface area contributed by atoms with E-state index >= 15 is 0 Å². The van der Waals surface area contributed by atoms with E-state index in [2.05, 4.69) is 25.7 Å². The van der Waals surface area contributed by atoms with Gasteiger partial charge in [-0.3, -0.25) is 9.48 Å². The van der Waals surface area contributed by atoms with Crippen molar-refractivity contribution in [2.24, 2.45) is 7.05 Å². The highest BCUT2D eigenvalue weighted by Crippen LogP contribution is 2.22. The third kappa shape index (κ3) is 3.43. The minimum Gasteiger partial charge on any atom is -0.339 e. The van der Waals surface area contributed by atoms with Gasteiger partial charge in [0, 0.05) is 24.2 Å². The smallest absolute Gasteiger partial charge is 0.277 e. The first-order valence-corrected chi connectivity index (χ1v) is 8.29. The van der Waals surface area contributed by atoms with Gasteiger partial charge < -0.3 is 10.6 Å². The molecule has 8 heteroatoms. The predicted molar refractivity (Wildman–Crippen MR) is 95.0 cm³/mol. The maximum Gasteiger partial charge on any atom is 0.277 e. The van der Waals surface area contributed by atoms with Crippen molar-refractivity contribution in [2.45, 2.75) is 20.8 Å². The number of nitrogens with zero attached hydrogens (tertiary/aromatic N) is 4. The van der Waals surface area contributed by atoms with E-state index in [1.54, 1.807) is 10.1 Å². The molecule has 3 aromatic heterocycles. The zero-order chi connectivity index (χ0) is 17.3. The lowest BCUT2D eigenvalue weighted by Gasteiger charge is -2.11. The number of rotatable bonds is 4. The second-order valence-electron chi connectivity index (χ2n) is 5.47. The first kappa shape index (κ1) is 16.1. The molecule has 1 amide bonds. The topological polar surface area (TPSA) is 84.7 Å². The molecular formula is C16H18N6OS. The van der Waals surface area contributed by atoms with E-state index in [1.165, 1.54) is 11.3 Å². The summed E-state index contributed by atoms with van der Waals surface area (Å²) < 4.78 is 1.72. The Morgan fingerprint density at radius 2 is 1.96 bits per heavy atom. The molecule has 0 bridgehead atoms. The van der Waals surface area contributed by atoms with Crippen molar-refractivity contribution in [3.8, 4) is 0 Å². The zero-order valence-electron chi connectivity index (χ0n) is 13.9. The van der Waals surface area contributed by atoms with Gasteiger partial charge in [-0.05, 0) is 32.9 Å². The molecule has 124 valence electrons. The molecule has 0 saturated carbocycles. The monoisotopic (exact) mass is 342 g/mol. The van der Waals surface area contributed by atoms with Crippen molar-refractivity contribution in [1.29, 1.82) is 0 Å². The molecule has 3 aromatic rings. The van der Waals surface area contributed by atoms with Crippen LogP contribution in [0.3, 0.4) is 0 Å². The fourth-order valence-electron chi connectivity index (χ4n) is 2.29. The average Bonchev–Trinajstić information content (AvgIpc) is 3.06. The second-order valence-corrected chi connectivity index (χ2v) is 6.54. The Morgan fingerprint density at radius 3 is 2.58 bits per heavy atom. The average molecular weight is 342 g/mol. The Morgan fingerprint density at radius 1 is 1.17 bits per heavy atom. The highest BCUT2D eigenvalue weighted by molar-refractivity contribution is 7.09. The van der Waals surface area contributed by atoms with Crippen molar-refractivity contribution in [3.63, 3.8) is 0 Å². The van der Waals surface area contributed by atoms with E-state index in [1.807, 2.05) is 46.0 Å². The molecule has 0 aromatic carbocycles. The Hall–Kier alpha value is -2.74. The van der Waals surface area contributed by atoms with Gasteiger partial charge in [0.1, 0.15) is 11.6 Å². The Bertz CT molecular complexity index is 898. The number of anilines is 3. The molecule has 24 heavy (non-hydrogen) atoms. The summed E-state index contributed by atoms with van der Waals surface area (Å²) >= 11 is 1.48. The molecule has 0 unspecified atom stereocenters. The summed E-state index contributed by atoms with van der Waals surface area (Å²) in [5, 5.41) is 13.0. The highest BCUT2D eigenvalue weighted by atomic mass is 32.1. The molecule has 0 fully saturated rings. The summed E-state index contributed by atoms with van der Waals surface area (Å²) in [7, 11) is 1.84. The number of aryl methyl sites for hydroxylation is 4. The number of amides is 1. The molecule has 7 nitrogen and oxygen atoms in total.